The third kappa shape index (κ3) is 2.66. The molecular weight excluding hydrogens is 239 g/mol. The Morgan fingerprint density at radius 1 is 1.30 bits per heavy atom. The molecule has 1 rings (SSSR count). The molecule has 0 aliphatic heterocycles. The van der Waals surface area contributed by atoms with Gasteiger partial charge in [-0.05, 0) is 0 Å². The Kier molecular flexibility index (Phi) is 3.75. The summed E-state index contributed by atoms with van der Waals surface area (Å²) in [5.74, 6) is 0. The van der Waals surface area contributed by atoms with Crippen LogP contribution in [0.25, 0.3) is 0 Å². The Morgan fingerprint density at radius 3 is 2.60 bits per heavy atom. The Bertz CT molecular complexity index is 174. The zero-order valence-corrected chi connectivity index (χ0v) is 8.04. The second kappa shape index (κ2) is 4.68. The zero-order chi connectivity index (χ0) is 7.23. The Morgan fingerprint density at radius 2 is 2.00 bits per heavy atom. The molecule has 0 N–H and O–H groups in total. The number of hydrogen-bond acceptors (Lipinski definition) is 1. The van der Waals surface area contributed by atoms with Crippen molar-refractivity contribution in [2.75, 3.05) is 6.61 Å². The first-order valence-electron chi connectivity index (χ1n) is 3.25. The SMILES string of the molecule is CCO[I-]c1ccccc1. The second-order valence-corrected chi connectivity index (χ2v) is 4.08. The molecule has 0 atom stereocenters. The van der Waals surface area contributed by atoms with E-state index >= 15 is 0 Å². The van der Waals surface area contributed by atoms with Gasteiger partial charge in [-0.2, -0.15) is 0 Å². The average Bonchev–Trinajstić information content (AvgIpc) is 2.03. The van der Waals surface area contributed by atoms with Crippen LogP contribution in [0.5, 0.6) is 0 Å². The molecule has 0 unspecified atom stereocenters. The van der Waals surface area contributed by atoms with Gasteiger partial charge in [-0.1, -0.05) is 0 Å². The van der Waals surface area contributed by atoms with Crippen LogP contribution in [0.1, 0.15) is 6.92 Å². The minimum absolute atomic E-state index is 0.173. The fourth-order valence-electron chi connectivity index (χ4n) is 0.584. The second-order valence-electron chi connectivity index (χ2n) is 1.77. The third-order valence-electron chi connectivity index (χ3n) is 0.986. The van der Waals surface area contributed by atoms with E-state index in [2.05, 4.69) is 12.1 Å². The maximum atomic E-state index is 5.33. The zero-order valence-electron chi connectivity index (χ0n) is 5.88. The minimum atomic E-state index is -0.173. The predicted octanol–water partition coefficient (Wildman–Crippen LogP) is -1.10. The van der Waals surface area contributed by atoms with Gasteiger partial charge < -0.3 is 0 Å². The van der Waals surface area contributed by atoms with Gasteiger partial charge in [0.15, 0.2) is 0 Å². The normalized spacial score (nSPS) is 10.1. The van der Waals surface area contributed by atoms with E-state index in [9.17, 15) is 0 Å². The van der Waals surface area contributed by atoms with E-state index in [1.807, 2.05) is 25.1 Å². The summed E-state index contributed by atoms with van der Waals surface area (Å²) in [6.45, 7) is 2.87. The molecule has 0 saturated heterocycles. The van der Waals surface area contributed by atoms with Gasteiger partial charge in [-0.25, -0.2) is 0 Å². The third-order valence-corrected chi connectivity index (χ3v) is 3.15. The van der Waals surface area contributed by atoms with Gasteiger partial charge in [0.2, 0.25) is 0 Å². The number of rotatable bonds is 3. The van der Waals surface area contributed by atoms with Gasteiger partial charge in [0.25, 0.3) is 0 Å². The first kappa shape index (κ1) is 8.01. The monoisotopic (exact) mass is 249 g/mol. The fraction of sp³-hybridized carbons (Fsp3) is 0.250. The summed E-state index contributed by atoms with van der Waals surface area (Å²) in [6, 6.07) is 10.4. The van der Waals surface area contributed by atoms with Gasteiger partial charge >= 0.3 is 72.1 Å². The van der Waals surface area contributed by atoms with E-state index in [0.29, 0.717) is 0 Å². The van der Waals surface area contributed by atoms with Crippen molar-refractivity contribution >= 4 is 0 Å². The first-order chi connectivity index (χ1) is 4.93. The van der Waals surface area contributed by atoms with Crippen LogP contribution in [0.2, 0.25) is 0 Å². The van der Waals surface area contributed by atoms with Crippen LogP contribution in [-0.4, -0.2) is 6.61 Å². The average molecular weight is 249 g/mol. The Balaban J connectivity index is 2.43. The van der Waals surface area contributed by atoms with E-state index in [-0.39, 0.29) is 21.6 Å². The molecule has 10 heavy (non-hydrogen) atoms. The summed E-state index contributed by atoms with van der Waals surface area (Å²) in [5, 5.41) is 0. The van der Waals surface area contributed by atoms with Crippen LogP contribution in [0.3, 0.4) is 0 Å². The summed E-state index contributed by atoms with van der Waals surface area (Å²) in [5.41, 5.74) is 0. The van der Waals surface area contributed by atoms with Gasteiger partial charge in [-0.15, -0.1) is 0 Å². The van der Waals surface area contributed by atoms with Crippen molar-refractivity contribution in [3.63, 3.8) is 0 Å². The molecule has 0 aliphatic carbocycles. The van der Waals surface area contributed by atoms with E-state index in [4.69, 9.17) is 3.07 Å². The van der Waals surface area contributed by atoms with Crippen LogP contribution in [0.4, 0.5) is 0 Å². The van der Waals surface area contributed by atoms with Gasteiger partial charge in [-0.3, -0.25) is 0 Å². The molecular formula is C8H10IO-. The van der Waals surface area contributed by atoms with Crippen molar-refractivity contribution in [1.82, 2.24) is 0 Å². The van der Waals surface area contributed by atoms with Gasteiger partial charge in [0.05, 0.1) is 0 Å². The summed E-state index contributed by atoms with van der Waals surface area (Å²) in [4.78, 5) is 0. The van der Waals surface area contributed by atoms with E-state index in [1.165, 1.54) is 3.57 Å². The van der Waals surface area contributed by atoms with Crippen molar-refractivity contribution in [2.45, 2.75) is 6.92 Å². The molecule has 0 fully saturated rings. The molecule has 0 aromatic heterocycles. The Labute approximate surface area is 72.2 Å². The van der Waals surface area contributed by atoms with Gasteiger partial charge in [0.1, 0.15) is 0 Å². The molecule has 0 bridgehead atoms. The molecule has 0 heterocycles. The van der Waals surface area contributed by atoms with Crippen molar-refractivity contribution < 1.29 is 24.7 Å². The fourth-order valence-corrected chi connectivity index (χ4v) is 1.96. The van der Waals surface area contributed by atoms with Gasteiger partial charge in [0, 0.05) is 0 Å². The van der Waals surface area contributed by atoms with Crippen molar-refractivity contribution in [1.29, 1.82) is 0 Å². The molecule has 1 aromatic rings. The Hall–Kier alpha value is -0.0900. The molecule has 1 nitrogen and oxygen atoms in total. The van der Waals surface area contributed by atoms with Crippen LogP contribution in [0.15, 0.2) is 30.3 Å². The summed E-state index contributed by atoms with van der Waals surface area (Å²) in [7, 11) is 0. The van der Waals surface area contributed by atoms with Crippen LogP contribution < -0.4 is 21.6 Å². The predicted molar refractivity (Wildman–Crippen MR) is 36.8 cm³/mol. The van der Waals surface area contributed by atoms with Crippen molar-refractivity contribution in [2.24, 2.45) is 0 Å². The van der Waals surface area contributed by atoms with Crippen LogP contribution in [-0.2, 0) is 3.07 Å². The number of benzene rings is 1. The standard InChI is InChI=1S/C8H10IO/c1-2-10-9-8-6-4-3-5-7-8/h3-7H,2H2,1H3/q-1. The molecule has 0 spiro atoms. The topological polar surface area (TPSA) is 9.23 Å². The number of halogens is 1. The van der Waals surface area contributed by atoms with E-state index < -0.39 is 0 Å². The van der Waals surface area contributed by atoms with Crippen LogP contribution in [0, 0.1) is 3.57 Å². The summed E-state index contributed by atoms with van der Waals surface area (Å²) >= 11 is -0.173. The number of hydrogen-bond donors (Lipinski definition) is 0. The maximum absolute atomic E-state index is 5.33. The molecule has 0 radical (unpaired) electrons. The molecule has 0 saturated carbocycles. The molecule has 0 amide bonds. The molecule has 2 heteroatoms. The van der Waals surface area contributed by atoms with E-state index in [1.54, 1.807) is 0 Å². The molecule has 56 valence electrons. The summed E-state index contributed by atoms with van der Waals surface area (Å²) in [6.07, 6.45) is 0. The van der Waals surface area contributed by atoms with Crippen molar-refractivity contribution in [3.8, 4) is 0 Å². The van der Waals surface area contributed by atoms with E-state index in [0.717, 1.165) is 6.61 Å². The summed E-state index contributed by atoms with van der Waals surface area (Å²) < 4.78 is 6.68. The van der Waals surface area contributed by atoms with Crippen molar-refractivity contribution in [3.05, 3.63) is 33.9 Å². The quantitative estimate of drug-likeness (QED) is 0.618. The molecule has 1 aromatic carbocycles. The van der Waals surface area contributed by atoms with Crippen LogP contribution >= 0.6 is 0 Å². The first-order valence-corrected chi connectivity index (χ1v) is 5.21. The molecule has 0 aliphatic rings.